The van der Waals surface area contributed by atoms with Gasteiger partial charge in [-0.2, -0.15) is 0 Å². The van der Waals surface area contributed by atoms with E-state index in [-0.39, 0.29) is 4.88 Å². The number of hydrogen-bond acceptors (Lipinski definition) is 5. The molecule has 0 unspecified atom stereocenters. The molecule has 0 atom stereocenters. The second-order valence-electron chi connectivity index (χ2n) is 5.90. The molecule has 2 aromatic carbocycles. The molecular weight excluding hydrogens is 348 g/mol. The third-order valence-corrected chi connectivity index (χ3v) is 4.98. The first-order valence-corrected chi connectivity index (χ1v) is 9.09. The van der Waals surface area contributed by atoms with Gasteiger partial charge >= 0.3 is 5.97 Å². The van der Waals surface area contributed by atoms with Gasteiger partial charge in [0.05, 0.1) is 12.2 Å². The number of aryl methyl sites for hydroxylation is 2. The molecular formula is C20H20N2O3S. The predicted octanol–water partition coefficient (Wildman–Crippen LogP) is 4.62. The lowest BCUT2D eigenvalue weighted by Crippen LogP contribution is -2.11. The van der Waals surface area contributed by atoms with Crippen LogP contribution in [-0.2, 0) is 0 Å². The summed E-state index contributed by atoms with van der Waals surface area (Å²) in [6.45, 7) is 4.78. The van der Waals surface area contributed by atoms with Crippen LogP contribution in [0.1, 0.15) is 20.9 Å². The highest BCUT2D eigenvalue weighted by Gasteiger charge is 2.13. The van der Waals surface area contributed by atoms with E-state index in [9.17, 15) is 4.79 Å². The van der Waals surface area contributed by atoms with Crippen LogP contribution in [0.5, 0.6) is 5.75 Å². The topological polar surface area (TPSA) is 71.5 Å². The fourth-order valence-electron chi connectivity index (χ4n) is 2.49. The predicted molar refractivity (Wildman–Crippen MR) is 104 cm³/mol. The maximum atomic E-state index is 11.0. The van der Waals surface area contributed by atoms with Crippen LogP contribution in [0.15, 0.2) is 48.5 Å². The molecule has 0 saturated heterocycles. The summed E-state index contributed by atoms with van der Waals surface area (Å²) in [6.07, 6.45) is 0. The van der Waals surface area contributed by atoms with Gasteiger partial charge in [-0.3, -0.25) is 0 Å². The summed E-state index contributed by atoms with van der Waals surface area (Å²) in [5.41, 5.74) is 4.09. The van der Waals surface area contributed by atoms with E-state index in [0.29, 0.717) is 24.0 Å². The van der Waals surface area contributed by atoms with Crippen LogP contribution in [0.3, 0.4) is 0 Å². The third kappa shape index (κ3) is 4.40. The summed E-state index contributed by atoms with van der Waals surface area (Å²) in [4.78, 5) is 15.5. The number of thiazole rings is 1. The summed E-state index contributed by atoms with van der Waals surface area (Å²) in [7, 11) is 0. The van der Waals surface area contributed by atoms with E-state index in [1.165, 1.54) is 11.1 Å². The molecule has 134 valence electrons. The van der Waals surface area contributed by atoms with Crippen LogP contribution in [0.4, 0.5) is 5.13 Å². The smallest absolute Gasteiger partial charge is 0.347 e. The van der Waals surface area contributed by atoms with Gasteiger partial charge in [0.15, 0.2) is 5.13 Å². The first-order valence-electron chi connectivity index (χ1n) is 8.27. The normalized spacial score (nSPS) is 10.5. The Bertz CT molecular complexity index is 886. The van der Waals surface area contributed by atoms with Gasteiger partial charge in [-0.1, -0.05) is 53.3 Å². The fourth-order valence-corrected chi connectivity index (χ4v) is 3.32. The molecule has 0 aliphatic carbocycles. The van der Waals surface area contributed by atoms with Gasteiger partial charge in [-0.15, -0.1) is 0 Å². The van der Waals surface area contributed by atoms with Crippen molar-refractivity contribution < 1.29 is 14.6 Å². The number of carboxylic acids is 1. The van der Waals surface area contributed by atoms with E-state index in [4.69, 9.17) is 9.84 Å². The highest BCUT2D eigenvalue weighted by atomic mass is 32.1. The zero-order valence-corrected chi connectivity index (χ0v) is 15.5. The lowest BCUT2D eigenvalue weighted by molar-refractivity contribution is 0.0701. The number of aromatic carboxylic acids is 1. The maximum absolute atomic E-state index is 11.0. The van der Waals surface area contributed by atoms with E-state index in [0.717, 1.165) is 22.6 Å². The standard InChI is InChI=1S/C20H20N2O3S/c1-13-3-5-15(6-4-13)16-7-9-17(10-8-16)25-12-11-21-20-22-14(2)18(26-20)19(23)24/h3-10H,11-12H2,1-2H3,(H,21,22)(H,23,24). The monoisotopic (exact) mass is 368 g/mol. The zero-order valence-electron chi connectivity index (χ0n) is 14.7. The van der Waals surface area contributed by atoms with Crippen LogP contribution in [0, 0.1) is 13.8 Å². The minimum Gasteiger partial charge on any atom is -0.492 e. The summed E-state index contributed by atoms with van der Waals surface area (Å²) in [5, 5.41) is 12.7. The van der Waals surface area contributed by atoms with Gasteiger partial charge in [-0.05, 0) is 37.1 Å². The number of benzene rings is 2. The minimum atomic E-state index is -0.946. The summed E-state index contributed by atoms with van der Waals surface area (Å²) < 4.78 is 5.72. The Morgan fingerprint density at radius 2 is 1.69 bits per heavy atom. The molecule has 0 aliphatic heterocycles. The van der Waals surface area contributed by atoms with Crippen LogP contribution in [0.25, 0.3) is 11.1 Å². The van der Waals surface area contributed by atoms with Gasteiger partial charge in [0.2, 0.25) is 0 Å². The fraction of sp³-hybridized carbons (Fsp3) is 0.200. The molecule has 0 saturated carbocycles. The summed E-state index contributed by atoms with van der Waals surface area (Å²) in [6, 6.07) is 16.4. The first-order chi connectivity index (χ1) is 12.5. The van der Waals surface area contributed by atoms with E-state index in [1.54, 1.807) is 6.92 Å². The van der Waals surface area contributed by atoms with E-state index >= 15 is 0 Å². The van der Waals surface area contributed by atoms with Crippen molar-refractivity contribution in [2.24, 2.45) is 0 Å². The summed E-state index contributed by atoms with van der Waals surface area (Å²) >= 11 is 1.14. The van der Waals surface area contributed by atoms with Gasteiger partial charge < -0.3 is 15.2 Å². The number of anilines is 1. The number of aromatic nitrogens is 1. The molecule has 3 rings (SSSR count). The number of ether oxygens (including phenoxy) is 1. The molecule has 0 fully saturated rings. The quantitative estimate of drug-likeness (QED) is 0.596. The molecule has 2 N–H and O–H groups in total. The van der Waals surface area contributed by atoms with Crippen molar-refractivity contribution >= 4 is 22.4 Å². The minimum absolute atomic E-state index is 0.264. The number of nitrogens with one attached hydrogen (secondary N) is 1. The average molecular weight is 368 g/mol. The molecule has 1 heterocycles. The second-order valence-corrected chi connectivity index (χ2v) is 6.90. The Morgan fingerprint density at radius 3 is 2.27 bits per heavy atom. The van der Waals surface area contributed by atoms with Crippen molar-refractivity contribution in [3.05, 3.63) is 64.7 Å². The van der Waals surface area contributed by atoms with Crippen LogP contribution >= 0.6 is 11.3 Å². The van der Waals surface area contributed by atoms with Crippen molar-refractivity contribution in [3.8, 4) is 16.9 Å². The lowest BCUT2D eigenvalue weighted by atomic mass is 10.0. The SMILES string of the molecule is Cc1ccc(-c2ccc(OCCNc3nc(C)c(C(=O)O)s3)cc2)cc1. The Labute approximate surface area is 156 Å². The highest BCUT2D eigenvalue weighted by molar-refractivity contribution is 7.17. The molecule has 0 bridgehead atoms. The van der Waals surface area contributed by atoms with E-state index < -0.39 is 5.97 Å². The summed E-state index contributed by atoms with van der Waals surface area (Å²) in [5.74, 6) is -0.151. The molecule has 6 heteroatoms. The molecule has 1 aromatic heterocycles. The molecule has 0 spiro atoms. The Morgan fingerprint density at radius 1 is 1.08 bits per heavy atom. The average Bonchev–Trinajstić information content (AvgIpc) is 3.01. The van der Waals surface area contributed by atoms with E-state index in [1.807, 2.05) is 24.3 Å². The largest absolute Gasteiger partial charge is 0.492 e. The number of carboxylic acid groups (broad SMARTS) is 1. The zero-order chi connectivity index (χ0) is 18.5. The van der Waals surface area contributed by atoms with Crippen molar-refractivity contribution in [1.29, 1.82) is 0 Å². The first kappa shape index (κ1) is 17.9. The van der Waals surface area contributed by atoms with Gasteiger partial charge in [-0.25, -0.2) is 9.78 Å². The molecule has 5 nitrogen and oxygen atoms in total. The molecule has 3 aromatic rings. The Hall–Kier alpha value is -2.86. The number of nitrogens with zero attached hydrogens (tertiary/aromatic N) is 1. The number of hydrogen-bond donors (Lipinski definition) is 2. The van der Waals surface area contributed by atoms with Crippen molar-refractivity contribution in [3.63, 3.8) is 0 Å². The molecule has 26 heavy (non-hydrogen) atoms. The van der Waals surface area contributed by atoms with Gasteiger partial charge in [0, 0.05) is 0 Å². The van der Waals surface area contributed by atoms with Crippen LogP contribution in [0.2, 0.25) is 0 Å². The number of rotatable bonds is 7. The third-order valence-electron chi connectivity index (χ3n) is 3.88. The van der Waals surface area contributed by atoms with Crippen molar-refractivity contribution in [1.82, 2.24) is 4.98 Å². The van der Waals surface area contributed by atoms with Crippen LogP contribution in [-0.4, -0.2) is 29.2 Å². The Balaban J connectivity index is 1.50. The molecule has 0 aliphatic rings. The highest BCUT2D eigenvalue weighted by Crippen LogP contribution is 2.23. The molecule has 0 radical (unpaired) electrons. The molecule has 0 amide bonds. The van der Waals surface area contributed by atoms with Crippen molar-refractivity contribution in [2.75, 3.05) is 18.5 Å². The van der Waals surface area contributed by atoms with Gasteiger partial charge in [0.1, 0.15) is 17.2 Å². The Kier molecular flexibility index (Phi) is 5.53. The van der Waals surface area contributed by atoms with Crippen LogP contribution < -0.4 is 10.1 Å². The van der Waals surface area contributed by atoms with E-state index in [2.05, 4.69) is 41.5 Å². The maximum Gasteiger partial charge on any atom is 0.347 e. The van der Waals surface area contributed by atoms with Gasteiger partial charge in [0.25, 0.3) is 0 Å². The van der Waals surface area contributed by atoms with Crippen molar-refractivity contribution in [2.45, 2.75) is 13.8 Å². The number of carbonyl (C=O) groups is 1. The lowest BCUT2D eigenvalue weighted by Gasteiger charge is -2.08. The second kappa shape index (κ2) is 8.01.